The molecule has 0 bridgehead atoms. The van der Waals surface area contributed by atoms with E-state index < -0.39 is 0 Å². The Morgan fingerprint density at radius 3 is 2.64 bits per heavy atom. The summed E-state index contributed by atoms with van der Waals surface area (Å²) in [7, 11) is 0. The first-order valence-electron chi connectivity index (χ1n) is 5.61. The summed E-state index contributed by atoms with van der Waals surface area (Å²) in [5.41, 5.74) is 0. The van der Waals surface area contributed by atoms with Crippen LogP contribution in [0.15, 0.2) is 0 Å². The van der Waals surface area contributed by atoms with Crippen molar-refractivity contribution < 1.29 is 4.79 Å². The number of likely N-dealkylation sites (tertiary alicyclic amines) is 2. The van der Waals surface area contributed by atoms with Crippen molar-refractivity contribution in [2.75, 3.05) is 19.6 Å². The van der Waals surface area contributed by atoms with Crippen molar-refractivity contribution in [2.24, 2.45) is 5.92 Å². The maximum absolute atomic E-state index is 11.3. The summed E-state index contributed by atoms with van der Waals surface area (Å²) in [6.07, 6.45) is 1.27. The van der Waals surface area contributed by atoms with Crippen LogP contribution < -0.4 is 0 Å². The summed E-state index contributed by atoms with van der Waals surface area (Å²) in [5.74, 6) is 0.976. The fraction of sp³-hybridized carbons (Fsp3) is 0.909. The van der Waals surface area contributed by atoms with Crippen LogP contribution in [0, 0.1) is 5.92 Å². The third-order valence-corrected chi connectivity index (χ3v) is 3.70. The van der Waals surface area contributed by atoms with Crippen molar-refractivity contribution in [1.29, 1.82) is 0 Å². The SMILES string of the molecule is CC(=O)N1C[C@H]2CCN(C(C)C)[C@H]2C1. The van der Waals surface area contributed by atoms with Gasteiger partial charge in [0.2, 0.25) is 5.91 Å². The van der Waals surface area contributed by atoms with E-state index in [4.69, 9.17) is 0 Å². The maximum atomic E-state index is 11.3. The molecule has 0 radical (unpaired) electrons. The lowest BCUT2D eigenvalue weighted by Crippen LogP contribution is -2.40. The third-order valence-electron chi connectivity index (χ3n) is 3.70. The van der Waals surface area contributed by atoms with Crippen molar-refractivity contribution in [3.8, 4) is 0 Å². The normalized spacial score (nSPS) is 32.7. The van der Waals surface area contributed by atoms with E-state index in [1.54, 1.807) is 6.92 Å². The molecular weight excluding hydrogens is 176 g/mol. The van der Waals surface area contributed by atoms with E-state index in [2.05, 4.69) is 18.7 Å². The van der Waals surface area contributed by atoms with Crippen LogP contribution >= 0.6 is 0 Å². The molecule has 80 valence electrons. The molecule has 3 nitrogen and oxygen atoms in total. The van der Waals surface area contributed by atoms with Crippen LogP contribution in [-0.4, -0.2) is 47.4 Å². The second kappa shape index (κ2) is 3.54. The van der Waals surface area contributed by atoms with Crippen LogP contribution in [0.1, 0.15) is 27.2 Å². The van der Waals surface area contributed by atoms with Gasteiger partial charge in [-0.05, 0) is 32.7 Å². The fourth-order valence-electron chi connectivity index (χ4n) is 2.89. The molecule has 0 unspecified atom stereocenters. The molecule has 1 amide bonds. The van der Waals surface area contributed by atoms with Gasteiger partial charge in [-0.15, -0.1) is 0 Å². The molecule has 0 aromatic rings. The van der Waals surface area contributed by atoms with E-state index in [1.165, 1.54) is 13.0 Å². The highest BCUT2D eigenvalue weighted by atomic mass is 16.2. The molecule has 2 heterocycles. The fourth-order valence-corrected chi connectivity index (χ4v) is 2.89. The Balaban J connectivity index is 2.03. The predicted octanol–water partition coefficient (Wildman–Crippen LogP) is 0.947. The highest BCUT2D eigenvalue weighted by Crippen LogP contribution is 2.32. The first-order chi connectivity index (χ1) is 6.59. The summed E-state index contributed by atoms with van der Waals surface area (Å²) in [4.78, 5) is 15.8. The molecule has 2 aliphatic heterocycles. The van der Waals surface area contributed by atoms with Gasteiger partial charge < -0.3 is 4.90 Å². The summed E-state index contributed by atoms with van der Waals surface area (Å²) >= 11 is 0. The molecular formula is C11H20N2O. The Morgan fingerprint density at radius 1 is 1.36 bits per heavy atom. The maximum Gasteiger partial charge on any atom is 0.219 e. The van der Waals surface area contributed by atoms with Crippen molar-refractivity contribution in [2.45, 2.75) is 39.3 Å². The van der Waals surface area contributed by atoms with Crippen LogP contribution in [0.3, 0.4) is 0 Å². The predicted molar refractivity (Wildman–Crippen MR) is 56.0 cm³/mol. The Hall–Kier alpha value is -0.570. The zero-order valence-corrected chi connectivity index (χ0v) is 9.36. The molecule has 2 atom stereocenters. The Bertz CT molecular complexity index is 239. The minimum Gasteiger partial charge on any atom is -0.341 e. The monoisotopic (exact) mass is 196 g/mol. The number of hydrogen-bond acceptors (Lipinski definition) is 2. The molecule has 14 heavy (non-hydrogen) atoms. The quantitative estimate of drug-likeness (QED) is 0.623. The van der Waals surface area contributed by atoms with Crippen LogP contribution in [-0.2, 0) is 4.79 Å². The van der Waals surface area contributed by atoms with E-state index in [-0.39, 0.29) is 5.91 Å². The van der Waals surface area contributed by atoms with Gasteiger partial charge in [-0.1, -0.05) is 0 Å². The largest absolute Gasteiger partial charge is 0.341 e. The van der Waals surface area contributed by atoms with Crippen molar-refractivity contribution in [3.63, 3.8) is 0 Å². The van der Waals surface area contributed by atoms with Crippen molar-refractivity contribution in [3.05, 3.63) is 0 Å². The average molecular weight is 196 g/mol. The second-order valence-electron chi connectivity index (χ2n) is 4.87. The van der Waals surface area contributed by atoms with Gasteiger partial charge in [0.25, 0.3) is 0 Å². The highest BCUT2D eigenvalue weighted by molar-refractivity contribution is 5.73. The van der Waals surface area contributed by atoms with Crippen LogP contribution in [0.2, 0.25) is 0 Å². The van der Waals surface area contributed by atoms with Crippen LogP contribution in [0.4, 0.5) is 0 Å². The second-order valence-corrected chi connectivity index (χ2v) is 4.87. The topological polar surface area (TPSA) is 23.6 Å². The van der Waals surface area contributed by atoms with Gasteiger partial charge in [0, 0.05) is 32.1 Å². The zero-order valence-electron chi connectivity index (χ0n) is 9.36. The summed E-state index contributed by atoms with van der Waals surface area (Å²) < 4.78 is 0. The Morgan fingerprint density at radius 2 is 2.07 bits per heavy atom. The van der Waals surface area contributed by atoms with E-state index in [0.717, 1.165) is 19.0 Å². The van der Waals surface area contributed by atoms with Gasteiger partial charge in [0.05, 0.1) is 0 Å². The molecule has 0 saturated carbocycles. The smallest absolute Gasteiger partial charge is 0.219 e. The number of fused-ring (bicyclic) bond motifs is 1. The summed E-state index contributed by atoms with van der Waals surface area (Å²) in [5, 5.41) is 0. The molecule has 2 fully saturated rings. The molecule has 0 aromatic carbocycles. The molecule has 0 N–H and O–H groups in total. The van der Waals surface area contributed by atoms with Gasteiger partial charge in [0.1, 0.15) is 0 Å². The van der Waals surface area contributed by atoms with E-state index in [0.29, 0.717) is 12.1 Å². The number of hydrogen-bond donors (Lipinski definition) is 0. The Labute approximate surface area is 86.1 Å². The van der Waals surface area contributed by atoms with E-state index in [9.17, 15) is 4.79 Å². The molecule has 0 aliphatic carbocycles. The van der Waals surface area contributed by atoms with Gasteiger partial charge in [-0.2, -0.15) is 0 Å². The first kappa shape index (κ1) is 9.97. The van der Waals surface area contributed by atoms with Crippen LogP contribution in [0.25, 0.3) is 0 Å². The highest BCUT2D eigenvalue weighted by Gasteiger charge is 2.42. The molecule has 0 aromatic heterocycles. The van der Waals surface area contributed by atoms with E-state index >= 15 is 0 Å². The average Bonchev–Trinajstić information content (AvgIpc) is 2.58. The van der Waals surface area contributed by atoms with Gasteiger partial charge in [0.15, 0.2) is 0 Å². The lowest BCUT2D eigenvalue weighted by atomic mass is 10.0. The van der Waals surface area contributed by atoms with Gasteiger partial charge >= 0.3 is 0 Å². The minimum absolute atomic E-state index is 0.239. The first-order valence-corrected chi connectivity index (χ1v) is 5.61. The molecule has 2 rings (SSSR count). The zero-order chi connectivity index (χ0) is 10.3. The number of carbonyl (C=O) groups excluding carboxylic acids is 1. The van der Waals surface area contributed by atoms with Gasteiger partial charge in [-0.25, -0.2) is 0 Å². The van der Waals surface area contributed by atoms with Crippen LogP contribution in [0.5, 0.6) is 0 Å². The third kappa shape index (κ3) is 1.54. The molecule has 2 aliphatic rings. The number of rotatable bonds is 1. The number of nitrogens with zero attached hydrogens (tertiary/aromatic N) is 2. The summed E-state index contributed by atoms with van der Waals surface area (Å²) in [6.45, 7) is 9.35. The standard InChI is InChI=1S/C11H20N2O/c1-8(2)13-5-4-10-6-12(9(3)14)7-11(10)13/h8,10-11H,4-7H2,1-3H3/t10-,11+/m1/s1. The molecule has 0 spiro atoms. The Kier molecular flexibility index (Phi) is 2.52. The lowest BCUT2D eigenvalue weighted by Gasteiger charge is -2.27. The lowest BCUT2D eigenvalue weighted by molar-refractivity contribution is -0.128. The molecule has 2 saturated heterocycles. The summed E-state index contributed by atoms with van der Waals surface area (Å²) in [6, 6.07) is 1.26. The number of carbonyl (C=O) groups is 1. The number of amides is 1. The minimum atomic E-state index is 0.239. The van der Waals surface area contributed by atoms with E-state index in [1.807, 2.05) is 4.90 Å². The van der Waals surface area contributed by atoms with Gasteiger partial charge in [-0.3, -0.25) is 9.69 Å². The van der Waals surface area contributed by atoms with Crippen molar-refractivity contribution >= 4 is 5.91 Å². The van der Waals surface area contributed by atoms with Crippen molar-refractivity contribution in [1.82, 2.24) is 9.80 Å². The molecule has 3 heteroatoms.